The summed E-state index contributed by atoms with van der Waals surface area (Å²) in [6.45, 7) is 7.26. The van der Waals surface area contributed by atoms with E-state index < -0.39 is 0 Å². The molecule has 4 rings (SSSR count). The van der Waals surface area contributed by atoms with E-state index in [0.29, 0.717) is 24.7 Å². The summed E-state index contributed by atoms with van der Waals surface area (Å²) in [5.74, 6) is 0.793. The maximum Gasteiger partial charge on any atom is 0.249 e. The molecular formula is C26H30N4O3. The van der Waals surface area contributed by atoms with Gasteiger partial charge in [-0.3, -0.25) is 4.79 Å². The molecule has 172 valence electrons. The lowest BCUT2D eigenvalue weighted by Gasteiger charge is -2.39. The molecule has 0 N–H and O–H groups in total. The van der Waals surface area contributed by atoms with E-state index in [1.165, 1.54) is 0 Å². The second kappa shape index (κ2) is 9.67. The topological polar surface area (TPSA) is 77.3 Å². The number of hydrogen-bond acceptors (Lipinski definition) is 5. The largest absolute Gasteiger partial charge is 0.371 e. The molecule has 1 aliphatic rings. The number of carbonyl (C=O) groups excluding carboxylic acids is 2. The van der Waals surface area contributed by atoms with Crippen LogP contribution < -0.4 is 0 Å². The summed E-state index contributed by atoms with van der Waals surface area (Å²) in [6.07, 6.45) is 0.870. The Labute approximate surface area is 194 Å². The lowest BCUT2D eigenvalue weighted by molar-refractivity contribution is -0.139. The van der Waals surface area contributed by atoms with E-state index in [-0.39, 0.29) is 36.5 Å². The molecule has 2 atom stereocenters. The first-order valence-electron chi connectivity index (χ1n) is 11.2. The monoisotopic (exact) mass is 446 g/mol. The van der Waals surface area contributed by atoms with Gasteiger partial charge >= 0.3 is 0 Å². The quantitative estimate of drug-likeness (QED) is 0.539. The fourth-order valence-corrected chi connectivity index (χ4v) is 4.25. The number of hydrogen-bond donors (Lipinski definition) is 0. The van der Waals surface area contributed by atoms with Gasteiger partial charge in [0.2, 0.25) is 5.91 Å². The number of aldehydes is 1. The van der Waals surface area contributed by atoms with Crippen LogP contribution in [0.3, 0.4) is 0 Å². The van der Waals surface area contributed by atoms with Crippen LogP contribution in [-0.2, 0) is 20.9 Å². The fourth-order valence-electron chi connectivity index (χ4n) is 4.25. The predicted octanol–water partition coefficient (Wildman–Crippen LogP) is 3.75. The van der Waals surface area contributed by atoms with Crippen molar-refractivity contribution >= 4 is 12.2 Å². The molecule has 0 aliphatic carbocycles. The van der Waals surface area contributed by atoms with E-state index in [2.05, 4.69) is 20.8 Å². The van der Waals surface area contributed by atoms with Crippen LogP contribution in [0.25, 0.3) is 11.4 Å². The van der Waals surface area contributed by atoms with Crippen LogP contribution in [0.4, 0.5) is 0 Å². The Morgan fingerprint density at radius 3 is 2.39 bits per heavy atom. The Balaban J connectivity index is 1.83. The Kier molecular flexibility index (Phi) is 6.70. The lowest BCUT2D eigenvalue weighted by atomic mass is 9.84. The van der Waals surface area contributed by atoms with Crippen LogP contribution in [0, 0.1) is 11.3 Å². The average Bonchev–Trinajstić information content (AvgIpc) is 3.11. The molecule has 0 saturated carbocycles. The van der Waals surface area contributed by atoms with Gasteiger partial charge in [0.15, 0.2) is 11.6 Å². The van der Waals surface area contributed by atoms with Gasteiger partial charge in [-0.25, -0.2) is 9.67 Å². The van der Waals surface area contributed by atoms with Crippen molar-refractivity contribution in [1.82, 2.24) is 19.7 Å². The molecule has 1 aromatic heterocycles. The first-order valence-corrected chi connectivity index (χ1v) is 11.2. The van der Waals surface area contributed by atoms with Crippen molar-refractivity contribution in [2.75, 3.05) is 19.8 Å². The highest BCUT2D eigenvalue weighted by atomic mass is 16.5. The number of nitrogens with zero attached hydrogens (tertiary/aromatic N) is 4. The molecule has 7 nitrogen and oxygen atoms in total. The highest BCUT2D eigenvalue weighted by Crippen LogP contribution is 2.39. The summed E-state index contributed by atoms with van der Waals surface area (Å²) >= 11 is 0. The van der Waals surface area contributed by atoms with Crippen molar-refractivity contribution in [1.29, 1.82) is 0 Å². The number of ether oxygens (including phenoxy) is 1. The molecule has 1 aliphatic heterocycles. The minimum Gasteiger partial charge on any atom is -0.371 e. The Morgan fingerprint density at radius 1 is 1.09 bits per heavy atom. The number of benzene rings is 2. The lowest BCUT2D eigenvalue weighted by Crippen LogP contribution is -2.45. The number of amides is 1. The molecule has 1 fully saturated rings. The van der Waals surface area contributed by atoms with Gasteiger partial charge in [-0.05, 0) is 11.0 Å². The number of rotatable bonds is 6. The molecule has 0 radical (unpaired) electrons. The van der Waals surface area contributed by atoms with Gasteiger partial charge in [-0.1, -0.05) is 81.4 Å². The Morgan fingerprint density at radius 2 is 1.76 bits per heavy atom. The van der Waals surface area contributed by atoms with Gasteiger partial charge in [0, 0.05) is 12.1 Å². The van der Waals surface area contributed by atoms with Gasteiger partial charge in [0.1, 0.15) is 12.9 Å². The second-order valence-electron chi connectivity index (χ2n) is 9.53. The molecule has 3 aromatic rings. The minimum absolute atomic E-state index is 0.0463. The predicted molar refractivity (Wildman–Crippen MR) is 125 cm³/mol. The average molecular weight is 447 g/mol. The zero-order valence-corrected chi connectivity index (χ0v) is 19.3. The van der Waals surface area contributed by atoms with Crippen molar-refractivity contribution < 1.29 is 14.3 Å². The zero-order chi connectivity index (χ0) is 23.4. The van der Waals surface area contributed by atoms with E-state index in [1.807, 2.05) is 65.3 Å². The van der Waals surface area contributed by atoms with Crippen molar-refractivity contribution in [3.8, 4) is 11.4 Å². The molecule has 0 bridgehead atoms. The summed E-state index contributed by atoms with van der Waals surface area (Å²) in [5.41, 5.74) is 1.64. The molecule has 2 aromatic carbocycles. The maximum absolute atomic E-state index is 13.1. The zero-order valence-electron chi connectivity index (χ0n) is 19.3. The van der Waals surface area contributed by atoms with Crippen molar-refractivity contribution in [3.05, 3.63) is 72.1 Å². The Bertz CT molecular complexity index is 1090. The van der Waals surface area contributed by atoms with Gasteiger partial charge in [-0.15, -0.1) is 0 Å². The summed E-state index contributed by atoms with van der Waals surface area (Å²) in [5, 5.41) is 4.86. The molecule has 0 spiro atoms. The normalized spacial score (nSPS) is 18.1. The second-order valence-corrected chi connectivity index (χ2v) is 9.53. The molecule has 1 saturated heterocycles. The van der Waals surface area contributed by atoms with E-state index in [9.17, 15) is 9.59 Å². The van der Waals surface area contributed by atoms with Crippen molar-refractivity contribution in [2.24, 2.45) is 11.3 Å². The molecule has 33 heavy (non-hydrogen) atoms. The summed E-state index contributed by atoms with van der Waals surface area (Å²) in [7, 11) is 0. The van der Waals surface area contributed by atoms with E-state index in [4.69, 9.17) is 14.8 Å². The highest BCUT2D eigenvalue weighted by molar-refractivity contribution is 5.79. The molecule has 1 amide bonds. The minimum atomic E-state index is -0.386. The van der Waals surface area contributed by atoms with Crippen LogP contribution in [-0.4, -0.2) is 51.6 Å². The summed E-state index contributed by atoms with van der Waals surface area (Å²) in [4.78, 5) is 31.5. The number of carbonyl (C=O) groups is 2. The Hall–Kier alpha value is -3.32. The third-order valence-electron chi connectivity index (χ3n) is 5.79. The third-order valence-corrected chi connectivity index (χ3v) is 5.79. The van der Waals surface area contributed by atoms with Crippen molar-refractivity contribution in [2.45, 2.75) is 33.4 Å². The van der Waals surface area contributed by atoms with Crippen LogP contribution in [0.5, 0.6) is 0 Å². The first-order chi connectivity index (χ1) is 15.9. The van der Waals surface area contributed by atoms with E-state index >= 15 is 0 Å². The van der Waals surface area contributed by atoms with Crippen LogP contribution in [0.15, 0.2) is 60.7 Å². The van der Waals surface area contributed by atoms with E-state index in [0.717, 1.165) is 17.4 Å². The summed E-state index contributed by atoms with van der Waals surface area (Å²) in [6, 6.07) is 19.5. The van der Waals surface area contributed by atoms with E-state index in [1.54, 1.807) is 4.90 Å². The van der Waals surface area contributed by atoms with Crippen LogP contribution in [0.1, 0.15) is 38.2 Å². The van der Waals surface area contributed by atoms with Gasteiger partial charge in [0.25, 0.3) is 0 Å². The fraction of sp³-hybridized carbons (Fsp3) is 0.385. The molecule has 1 unspecified atom stereocenters. The van der Waals surface area contributed by atoms with Crippen LogP contribution >= 0.6 is 0 Å². The maximum atomic E-state index is 13.1. The SMILES string of the molecule is CC(C)(C)[C@H](c1nc(-c2ccccc2)nn1Cc1ccccc1)N1CC(C=O)COCC1=O. The summed E-state index contributed by atoms with van der Waals surface area (Å²) < 4.78 is 7.37. The van der Waals surface area contributed by atoms with Crippen molar-refractivity contribution in [3.63, 3.8) is 0 Å². The molecular weight excluding hydrogens is 416 g/mol. The first kappa shape index (κ1) is 22.9. The smallest absolute Gasteiger partial charge is 0.249 e. The standard InChI is InChI=1S/C26H30N4O3/c1-26(2,3)23(29-14-20(16-31)17-33-18-22(29)32)25-27-24(21-12-8-5-9-13-21)28-30(25)15-19-10-6-4-7-11-19/h4-13,16,20,23H,14-15,17-18H2,1-3H3/t20?,23-/m0/s1. The van der Waals surface area contributed by atoms with Gasteiger partial charge < -0.3 is 14.4 Å². The molecule has 7 heteroatoms. The van der Waals surface area contributed by atoms with Gasteiger partial charge in [-0.2, -0.15) is 5.10 Å². The van der Waals surface area contributed by atoms with Gasteiger partial charge in [0.05, 0.1) is 25.1 Å². The number of aromatic nitrogens is 3. The van der Waals surface area contributed by atoms with Crippen LogP contribution in [0.2, 0.25) is 0 Å². The molecule has 2 heterocycles. The highest BCUT2D eigenvalue weighted by Gasteiger charge is 2.40. The third kappa shape index (κ3) is 5.20.